The molecule has 2 unspecified atom stereocenters. The summed E-state index contributed by atoms with van der Waals surface area (Å²) in [5.74, 6) is 1.40. The fraction of sp³-hybridized carbons (Fsp3) is 0.636. The molecule has 1 aliphatic rings. The van der Waals surface area contributed by atoms with Crippen molar-refractivity contribution in [1.29, 1.82) is 0 Å². The predicted molar refractivity (Wildman–Crippen MR) is 61.5 cm³/mol. The van der Waals surface area contributed by atoms with Gasteiger partial charge in [-0.2, -0.15) is 0 Å². The van der Waals surface area contributed by atoms with Crippen LogP contribution in [-0.4, -0.2) is 12.7 Å². The quantitative estimate of drug-likeness (QED) is 0.898. The highest BCUT2D eigenvalue weighted by molar-refractivity contribution is 9.10. The standard InChI is InChI=1S/C11H16BrNO2/c1-2-14-10(7-3-4-7)9(13)11-8(12)5-6-15-11/h5-7,9-10H,2-4,13H2,1H3. The summed E-state index contributed by atoms with van der Waals surface area (Å²) < 4.78 is 12.0. The van der Waals surface area contributed by atoms with E-state index in [-0.39, 0.29) is 12.1 Å². The molecule has 3 nitrogen and oxygen atoms in total. The van der Waals surface area contributed by atoms with Gasteiger partial charge in [-0.25, -0.2) is 0 Å². The Morgan fingerprint density at radius 1 is 1.67 bits per heavy atom. The van der Waals surface area contributed by atoms with Gasteiger partial charge in [0.05, 0.1) is 22.9 Å². The van der Waals surface area contributed by atoms with E-state index in [2.05, 4.69) is 15.9 Å². The Morgan fingerprint density at radius 2 is 2.40 bits per heavy atom. The second-order valence-electron chi connectivity index (χ2n) is 3.92. The summed E-state index contributed by atoms with van der Waals surface area (Å²) in [4.78, 5) is 0. The van der Waals surface area contributed by atoms with E-state index in [1.165, 1.54) is 12.8 Å². The number of halogens is 1. The van der Waals surface area contributed by atoms with Crippen LogP contribution in [0.1, 0.15) is 31.6 Å². The molecule has 1 heterocycles. The fourth-order valence-electron chi connectivity index (χ4n) is 1.84. The Kier molecular flexibility index (Phi) is 3.49. The molecule has 0 amide bonds. The van der Waals surface area contributed by atoms with Crippen LogP contribution in [0, 0.1) is 5.92 Å². The summed E-state index contributed by atoms with van der Waals surface area (Å²) in [6, 6.07) is 1.70. The van der Waals surface area contributed by atoms with Crippen molar-refractivity contribution in [2.45, 2.75) is 31.9 Å². The maximum atomic E-state index is 6.16. The Morgan fingerprint density at radius 3 is 2.87 bits per heavy atom. The second-order valence-corrected chi connectivity index (χ2v) is 4.77. The monoisotopic (exact) mass is 273 g/mol. The lowest BCUT2D eigenvalue weighted by atomic mass is 10.1. The topological polar surface area (TPSA) is 48.4 Å². The molecule has 0 radical (unpaired) electrons. The van der Waals surface area contributed by atoms with Gasteiger partial charge < -0.3 is 14.9 Å². The van der Waals surface area contributed by atoms with Crippen LogP contribution in [0.4, 0.5) is 0 Å². The van der Waals surface area contributed by atoms with Crippen LogP contribution in [0.2, 0.25) is 0 Å². The van der Waals surface area contributed by atoms with E-state index in [1.807, 2.05) is 13.0 Å². The molecule has 0 spiro atoms. The van der Waals surface area contributed by atoms with Gasteiger partial charge in [-0.3, -0.25) is 0 Å². The summed E-state index contributed by atoms with van der Waals surface area (Å²) in [5, 5.41) is 0. The van der Waals surface area contributed by atoms with Crippen molar-refractivity contribution in [2.75, 3.05) is 6.61 Å². The van der Waals surface area contributed by atoms with Crippen LogP contribution in [0.5, 0.6) is 0 Å². The van der Waals surface area contributed by atoms with E-state index in [0.29, 0.717) is 12.5 Å². The summed E-state index contributed by atoms with van der Waals surface area (Å²) in [5.41, 5.74) is 6.16. The molecule has 2 N–H and O–H groups in total. The molecule has 2 atom stereocenters. The van der Waals surface area contributed by atoms with Crippen molar-refractivity contribution in [1.82, 2.24) is 0 Å². The minimum absolute atomic E-state index is 0.0949. The maximum Gasteiger partial charge on any atom is 0.137 e. The van der Waals surface area contributed by atoms with Crippen molar-refractivity contribution < 1.29 is 9.15 Å². The third-order valence-corrected chi connectivity index (χ3v) is 3.40. The third-order valence-electron chi connectivity index (χ3n) is 2.75. The van der Waals surface area contributed by atoms with Crippen LogP contribution in [0.25, 0.3) is 0 Å². The molecule has 1 aromatic rings. The van der Waals surface area contributed by atoms with Crippen molar-refractivity contribution in [3.05, 3.63) is 22.6 Å². The van der Waals surface area contributed by atoms with E-state index >= 15 is 0 Å². The molecule has 0 saturated heterocycles. The zero-order valence-corrected chi connectivity index (χ0v) is 10.4. The van der Waals surface area contributed by atoms with Gasteiger partial charge in [-0.1, -0.05) is 0 Å². The SMILES string of the molecule is CCOC(C1CC1)C(N)c1occc1Br. The smallest absolute Gasteiger partial charge is 0.137 e. The van der Waals surface area contributed by atoms with Crippen LogP contribution in [0.3, 0.4) is 0 Å². The number of hydrogen-bond acceptors (Lipinski definition) is 3. The van der Waals surface area contributed by atoms with E-state index in [1.54, 1.807) is 6.26 Å². The molecular formula is C11H16BrNO2. The predicted octanol–water partition coefficient (Wildman–Crippen LogP) is 2.86. The van der Waals surface area contributed by atoms with Gasteiger partial charge in [-0.05, 0) is 47.7 Å². The largest absolute Gasteiger partial charge is 0.466 e. The molecule has 1 aromatic heterocycles. The molecule has 0 aliphatic heterocycles. The van der Waals surface area contributed by atoms with Gasteiger partial charge in [0.25, 0.3) is 0 Å². The van der Waals surface area contributed by atoms with Crippen LogP contribution >= 0.6 is 15.9 Å². The van der Waals surface area contributed by atoms with Crippen LogP contribution in [-0.2, 0) is 4.74 Å². The molecule has 4 heteroatoms. The Bertz CT molecular complexity index is 322. The van der Waals surface area contributed by atoms with Crippen molar-refractivity contribution >= 4 is 15.9 Å². The first-order valence-corrected chi connectivity index (χ1v) is 6.13. The molecule has 0 bridgehead atoms. The minimum Gasteiger partial charge on any atom is -0.466 e. The highest BCUT2D eigenvalue weighted by Crippen LogP contribution is 2.40. The van der Waals surface area contributed by atoms with Gasteiger partial charge in [0, 0.05) is 6.61 Å². The molecular weight excluding hydrogens is 258 g/mol. The van der Waals surface area contributed by atoms with Gasteiger partial charge in [0.2, 0.25) is 0 Å². The average molecular weight is 274 g/mol. The molecule has 15 heavy (non-hydrogen) atoms. The lowest BCUT2D eigenvalue weighted by Gasteiger charge is -2.22. The minimum atomic E-state index is -0.165. The number of furan rings is 1. The highest BCUT2D eigenvalue weighted by Gasteiger charge is 2.38. The van der Waals surface area contributed by atoms with Crippen LogP contribution < -0.4 is 5.73 Å². The maximum absolute atomic E-state index is 6.16. The first-order valence-electron chi connectivity index (χ1n) is 5.34. The van der Waals surface area contributed by atoms with E-state index < -0.39 is 0 Å². The molecule has 1 saturated carbocycles. The zero-order chi connectivity index (χ0) is 10.8. The number of ether oxygens (including phenoxy) is 1. The Hall–Kier alpha value is -0.320. The Balaban J connectivity index is 2.10. The van der Waals surface area contributed by atoms with E-state index in [4.69, 9.17) is 14.9 Å². The molecule has 1 aliphatic carbocycles. The van der Waals surface area contributed by atoms with E-state index in [0.717, 1.165) is 10.2 Å². The van der Waals surface area contributed by atoms with Crippen molar-refractivity contribution in [3.63, 3.8) is 0 Å². The zero-order valence-electron chi connectivity index (χ0n) is 8.78. The Labute approximate surface area is 98.1 Å². The van der Waals surface area contributed by atoms with Crippen molar-refractivity contribution in [3.8, 4) is 0 Å². The van der Waals surface area contributed by atoms with Gasteiger partial charge in [0.15, 0.2) is 0 Å². The lowest BCUT2D eigenvalue weighted by molar-refractivity contribution is 0.0233. The van der Waals surface area contributed by atoms with Gasteiger partial charge >= 0.3 is 0 Å². The number of rotatable bonds is 5. The summed E-state index contributed by atoms with van der Waals surface area (Å²) in [6.07, 6.45) is 4.18. The number of nitrogens with two attached hydrogens (primary N) is 1. The number of hydrogen-bond donors (Lipinski definition) is 1. The van der Waals surface area contributed by atoms with Gasteiger partial charge in [0.1, 0.15) is 5.76 Å². The summed E-state index contributed by atoms with van der Waals surface area (Å²) >= 11 is 3.43. The molecule has 1 fully saturated rings. The van der Waals surface area contributed by atoms with Crippen LogP contribution in [0.15, 0.2) is 21.2 Å². The average Bonchev–Trinajstić information content (AvgIpc) is 2.97. The fourth-order valence-corrected chi connectivity index (χ4v) is 2.31. The summed E-state index contributed by atoms with van der Waals surface area (Å²) in [7, 11) is 0. The van der Waals surface area contributed by atoms with E-state index in [9.17, 15) is 0 Å². The molecule has 2 rings (SSSR count). The first kappa shape index (κ1) is 11.2. The van der Waals surface area contributed by atoms with Gasteiger partial charge in [-0.15, -0.1) is 0 Å². The normalized spacial score (nSPS) is 20.2. The third kappa shape index (κ3) is 2.44. The first-order chi connectivity index (χ1) is 7.24. The summed E-state index contributed by atoms with van der Waals surface area (Å²) in [6.45, 7) is 2.70. The lowest BCUT2D eigenvalue weighted by Crippen LogP contribution is -2.30. The highest BCUT2D eigenvalue weighted by atomic mass is 79.9. The van der Waals surface area contributed by atoms with Crippen molar-refractivity contribution in [2.24, 2.45) is 11.7 Å². The molecule has 0 aromatic carbocycles. The molecule has 84 valence electrons. The second kappa shape index (κ2) is 4.68.